The molecule has 2 aromatic carbocycles. The molecule has 0 aliphatic carbocycles. The second-order valence-electron chi connectivity index (χ2n) is 4.96. The lowest BCUT2D eigenvalue weighted by atomic mass is 10.1. The summed E-state index contributed by atoms with van der Waals surface area (Å²) in [6.45, 7) is -0.0521. The van der Waals surface area contributed by atoms with Gasteiger partial charge in [-0.1, -0.05) is 6.07 Å². The van der Waals surface area contributed by atoms with Crippen molar-refractivity contribution < 1.29 is 13.9 Å². The molecule has 0 fully saturated rings. The molecular weight excluding hydrogens is 307 g/mol. The van der Waals surface area contributed by atoms with Crippen molar-refractivity contribution in [3.63, 3.8) is 0 Å². The van der Waals surface area contributed by atoms with Gasteiger partial charge in [-0.05, 0) is 42.0 Å². The van der Waals surface area contributed by atoms with Gasteiger partial charge in [0.25, 0.3) is 0 Å². The zero-order valence-corrected chi connectivity index (χ0v) is 13.5. The van der Waals surface area contributed by atoms with Crippen LogP contribution in [0.5, 0.6) is 11.5 Å². The fourth-order valence-corrected chi connectivity index (χ4v) is 2.02. The highest BCUT2D eigenvalue weighted by Crippen LogP contribution is 2.21. The topological polar surface area (TPSA) is 54.3 Å². The average molecular weight is 326 g/mol. The number of allylic oxidation sites excluding steroid dienone is 1. The second kappa shape index (κ2) is 9.21. The quantitative estimate of drug-likeness (QED) is 0.577. The van der Waals surface area contributed by atoms with Gasteiger partial charge in [0, 0.05) is 24.4 Å². The molecule has 1 N–H and O–H groups in total. The van der Waals surface area contributed by atoms with E-state index in [0.717, 1.165) is 17.0 Å². The van der Waals surface area contributed by atoms with E-state index in [-0.39, 0.29) is 0 Å². The van der Waals surface area contributed by atoms with Gasteiger partial charge in [-0.25, -0.2) is 0 Å². The third-order valence-corrected chi connectivity index (χ3v) is 3.29. The van der Waals surface area contributed by atoms with E-state index in [4.69, 9.17) is 9.47 Å². The number of alkyl halides is 1. The van der Waals surface area contributed by atoms with Crippen molar-refractivity contribution >= 4 is 11.3 Å². The Bertz CT molecular complexity index is 721. The molecule has 2 aromatic rings. The first-order valence-corrected chi connectivity index (χ1v) is 7.57. The van der Waals surface area contributed by atoms with Crippen LogP contribution < -0.4 is 14.8 Å². The van der Waals surface area contributed by atoms with Crippen LogP contribution in [-0.4, -0.2) is 20.4 Å². The monoisotopic (exact) mass is 326 g/mol. The van der Waals surface area contributed by atoms with Crippen LogP contribution in [-0.2, 0) is 0 Å². The summed E-state index contributed by atoms with van der Waals surface area (Å²) >= 11 is 0. The zero-order chi connectivity index (χ0) is 17.2. The molecule has 124 valence electrons. The first-order valence-electron chi connectivity index (χ1n) is 7.57. The minimum Gasteiger partial charge on any atom is -0.497 e. The van der Waals surface area contributed by atoms with Crippen LogP contribution in [0.4, 0.5) is 10.1 Å². The molecule has 2 rings (SSSR count). The van der Waals surface area contributed by atoms with E-state index in [1.54, 1.807) is 37.6 Å². The molecule has 4 nitrogen and oxygen atoms in total. The lowest BCUT2D eigenvalue weighted by Gasteiger charge is -2.07. The number of ether oxygens (including phenoxy) is 2. The van der Waals surface area contributed by atoms with Crippen molar-refractivity contribution in [3.8, 4) is 17.6 Å². The third kappa shape index (κ3) is 5.03. The smallest absolute Gasteiger partial charge is 0.120 e. The molecule has 0 atom stereocenters. The SMILES string of the molecule is COc1cccc(N/C=C(\C#N)c2ccc(OCCCF)cc2)c1. The molecule has 0 aliphatic rings. The Kier molecular flexibility index (Phi) is 6.66. The molecule has 5 heteroatoms. The second-order valence-corrected chi connectivity index (χ2v) is 4.96. The average Bonchev–Trinajstić information content (AvgIpc) is 2.64. The molecule has 0 amide bonds. The van der Waals surface area contributed by atoms with E-state index < -0.39 is 6.67 Å². The molecule has 0 saturated carbocycles. The molecule has 0 radical (unpaired) electrons. The van der Waals surface area contributed by atoms with Gasteiger partial charge in [0.2, 0.25) is 0 Å². The summed E-state index contributed by atoms with van der Waals surface area (Å²) in [5, 5.41) is 12.4. The number of anilines is 1. The summed E-state index contributed by atoms with van der Waals surface area (Å²) < 4.78 is 22.6. The van der Waals surface area contributed by atoms with Gasteiger partial charge in [0.15, 0.2) is 0 Å². The van der Waals surface area contributed by atoms with Crippen molar-refractivity contribution in [2.75, 3.05) is 25.7 Å². The predicted octanol–water partition coefficient (Wildman–Crippen LogP) is 4.41. The minimum atomic E-state index is -0.394. The first-order chi connectivity index (χ1) is 11.8. The number of nitrogens with one attached hydrogen (secondary N) is 1. The van der Waals surface area contributed by atoms with Crippen molar-refractivity contribution in [3.05, 3.63) is 60.3 Å². The van der Waals surface area contributed by atoms with Gasteiger partial charge >= 0.3 is 0 Å². The highest BCUT2D eigenvalue weighted by molar-refractivity contribution is 5.78. The summed E-state index contributed by atoms with van der Waals surface area (Å²) in [5.74, 6) is 1.40. The fraction of sp³-hybridized carbons (Fsp3) is 0.211. The van der Waals surface area contributed by atoms with Gasteiger partial charge in [-0.15, -0.1) is 0 Å². The Balaban J connectivity index is 2.05. The number of rotatable bonds is 8. The molecular formula is C19H19FN2O2. The number of nitriles is 1. The highest BCUT2D eigenvalue weighted by atomic mass is 19.1. The zero-order valence-electron chi connectivity index (χ0n) is 13.5. The van der Waals surface area contributed by atoms with E-state index in [1.807, 2.05) is 24.3 Å². The number of nitrogens with zero attached hydrogens (tertiary/aromatic N) is 1. The molecule has 0 spiro atoms. The Labute approximate surface area is 141 Å². The van der Waals surface area contributed by atoms with E-state index in [0.29, 0.717) is 24.4 Å². The molecule has 0 aliphatic heterocycles. The normalized spacial score (nSPS) is 10.8. The minimum absolute atomic E-state index is 0.341. The number of methoxy groups -OCH3 is 1. The molecule has 0 bridgehead atoms. The maximum atomic E-state index is 12.0. The van der Waals surface area contributed by atoms with Crippen LogP contribution in [0.25, 0.3) is 5.57 Å². The van der Waals surface area contributed by atoms with Crippen LogP contribution >= 0.6 is 0 Å². The van der Waals surface area contributed by atoms with Crippen LogP contribution in [0, 0.1) is 11.3 Å². The molecule has 0 aromatic heterocycles. The highest BCUT2D eigenvalue weighted by Gasteiger charge is 2.02. The lowest BCUT2D eigenvalue weighted by Crippen LogP contribution is -1.98. The standard InChI is InChI=1S/C19H19FN2O2/c1-23-19-5-2-4-17(12-19)22-14-16(13-21)15-6-8-18(9-7-15)24-11-3-10-20/h2,4-9,12,14,22H,3,10-11H2,1H3/b16-14+. The van der Waals surface area contributed by atoms with Crippen LogP contribution in [0.2, 0.25) is 0 Å². The van der Waals surface area contributed by atoms with Crippen LogP contribution in [0.15, 0.2) is 54.7 Å². The van der Waals surface area contributed by atoms with E-state index in [9.17, 15) is 9.65 Å². The largest absolute Gasteiger partial charge is 0.497 e. The van der Waals surface area contributed by atoms with Gasteiger partial charge in [-0.2, -0.15) is 5.26 Å². The van der Waals surface area contributed by atoms with Crippen molar-refractivity contribution in [1.29, 1.82) is 5.26 Å². The Morgan fingerprint density at radius 3 is 2.67 bits per heavy atom. The molecule has 24 heavy (non-hydrogen) atoms. The summed E-state index contributed by atoms with van der Waals surface area (Å²) in [5.41, 5.74) is 2.09. The first kappa shape index (κ1) is 17.4. The molecule has 0 unspecified atom stereocenters. The van der Waals surface area contributed by atoms with Gasteiger partial charge < -0.3 is 14.8 Å². The van der Waals surface area contributed by atoms with E-state index in [2.05, 4.69) is 11.4 Å². The summed E-state index contributed by atoms with van der Waals surface area (Å²) in [7, 11) is 1.60. The number of benzene rings is 2. The molecule has 0 heterocycles. The Morgan fingerprint density at radius 2 is 2.00 bits per heavy atom. The molecule has 0 saturated heterocycles. The Hall–Kier alpha value is -3.00. The van der Waals surface area contributed by atoms with E-state index in [1.165, 1.54) is 0 Å². The summed E-state index contributed by atoms with van der Waals surface area (Å²) in [6, 6.07) is 16.7. The fourth-order valence-electron chi connectivity index (χ4n) is 2.02. The number of hydrogen-bond donors (Lipinski definition) is 1. The van der Waals surface area contributed by atoms with Crippen molar-refractivity contribution in [2.45, 2.75) is 6.42 Å². The van der Waals surface area contributed by atoms with Gasteiger partial charge in [-0.3, -0.25) is 4.39 Å². The maximum Gasteiger partial charge on any atom is 0.120 e. The number of hydrogen-bond acceptors (Lipinski definition) is 4. The van der Waals surface area contributed by atoms with Crippen LogP contribution in [0.1, 0.15) is 12.0 Å². The van der Waals surface area contributed by atoms with Gasteiger partial charge in [0.05, 0.1) is 26.0 Å². The van der Waals surface area contributed by atoms with Crippen molar-refractivity contribution in [1.82, 2.24) is 0 Å². The van der Waals surface area contributed by atoms with Crippen LogP contribution in [0.3, 0.4) is 0 Å². The third-order valence-electron chi connectivity index (χ3n) is 3.29. The summed E-state index contributed by atoms with van der Waals surface area (Å²) in [6.07, 6.45) is 2.02. The summed E-state index contributed by atoms with van der Waals surface area (Å²) in [4.78, 5) is 0. The van der Waals surface area contributed by atoms with Crippen molar-refractivity contribution in [2.24, 2.45) is 0 Å². The predicted molar refractivity (Wildman–Crippen MR) is 92.7 cm³/mol. The van der Waals surface area contributed by atoms with Gasteiger partial charge in [0.1, 0.15) is 17.6 Å². The van der Waals surface area contributed by atoms with E-state index >= 15 is 0 Å². The Morgan fingerprint density at radius 1 is 1.21 bits per heavy atom. The number of halogens is 1. The lowest BCUT2D eigenvalue weighted by molar-refractivity contribution is 0.289. The maximum absolute atomic E-state index is 12.0.